The summed E-state index contributed by atoms with van der Waals surface area (Å²) < 4.78 is 16.1. The van der Waals surface area contributed by atoms with E-state index in [1.54, 1.807) is 0 Å². The highest BCUT2D eigenvalue weighted by Gasteiger charge is 2.06. The molecule has 0 saturated carbocycles. The van der Waals surface area contributed by atoms with Crippen molar-refractivity contribution < 1.29 is 4.39 Å². The smallest absolute Gasteiger partial charge is 0.128 e. The quantitative estimate of drug-likeness (QED) is 0.773. The molecule has 0 unspecified atom stereocenters. The van der Waals surface area contributed by atoms with Crippen molar-refractivity contribution in [3.8, 4) is 0 Å². The Morgan fingerprint density at radius 2 is 1.95 bits per heavy atom. The first-order chi connectivity index (χ1) is 9.67. The van der Waals surface area contributed by atoms with Crippen molar-refractivity contribution in [2.45, 2.75) is 20.0 Å². The molecule has 2 N–H and O–H groups in total. The van der Waals surface area contributed by atoms with Crippen LogP contribution in [0.4, 0.5) is 4.39 Å². The van der Waals surface area contributed by atoms with E-state index in [2.05, 4.69) is 35.8 Å². The maximum atomic E-state index is 14.0. The molecule has 0 atom stereocenters. The van der Waals surface area contributed by atoms with Gasteiger partial charge in [-0.1, -0.05) is 23.8 Å². The Morgan fingerprint density at radius 1 is 1.10 bits per heavy atom. The Balaban J connectivity index is 1.97. The van der Waals surface area contributed by atoms with Crippen LogP contribution < -0.4 is 5.73 Å². The summed E-state index contributed by atoms with van der Waals surface area (Å²) in [7, 11) is 0. The van der Waals surface area contributed by atoms with Crippen molar-refractivity contribution in [1.29, 1.82) is 0 Å². The Morgan fingerprint density at radius 3 is 2.70 bits per heavy atom. The maximum absolute atomic E-state index is 14.0. The third kappa shape index (κ3) is 2.32. The van der Waals surface area contributed by atoms with E-state index >= 15 is 0 Å². The second-order valence-electron chi connectivity index (χ2n) is 5.14. The average molecular weight is 268 g/mol. The molecular weight excluding hydrogens is 251 g/mol. The van der Waals surface area contributed by atoms with Gasteiger partial charge < -0.3 is 10.3 Å². The van der Waals surface area contributed by atoms with Gasteiger partial charge in [0.05, 0.1) is 6.54 Å². The van der Waals surface area contributed by atoms with Gasteiger partial charge in [-0.15, -0.1) is 0 Å². The molecule has 2 nitrogen and oxygen atoms in total. The van der Waals surface area contributed by atoms with Crippen LogP contribution in [0.25, 0.3) is 10.9 Å². The standard InChI is InChI=1S/C17H17FN2/c1-12-2-5-17-14(8-12)6-7-20(17)11-15-4-3-13(10-19)9-16(15)18/h2-9H,10-11,19H2,1H3. The third-order valence-corrected chi connectivity index (χ3v) is 3.62. The summed E-state index contributed by atoms with van der Waals surface area (Å²) in [6, 6.07) is 13.6. The molecule has 3 heteroatoms. The van der Waals surface area contributed by atoms with Crippen LogP contribution in [0.5, 0.6) is 0 Å². The first kappa shape index (κ1) is 12.9. The van der Waals surface area contributed by atoms with E-state index in [0.29, 0.717) is 18.7 Å². The molecular formula is C17H17FN2. The fourth-order valence-electron chi connectivity index (χ4n) is 2.49. The van der Waals surface area contributed by atoms with E-state index < -0.39 is 0 Å². The molecule has 102 valence electrons. The van der Waals surface area contributed by atoms with Crippen LogP contribution in [0.15, 0.2) is 48.7 Å². The predicted molar refractivity (Wildman–Crippen MR) is 80.1 cm³/mol. The van der Waals surface area contributed by atoms with E-state index in [9.17, 15) is 4.39 Å². The van der Waals surface area contributed by atoms with Crippen molar-refractivity contribution in [1.82, 2.24) is 4.57 Å². The summed E-state index contributed by atoms with van der Waals surface area (Å²) >= 11 is 0. The Bertz CT molecular complexity index is 759. The molecule has 0 spiro atoms. The highest BCUT2D eigenvalue weighted by Crippen LogP contribution is 2.20. The largest absolute Gasteiger partial charge is 0.343 e. The van der Waals surface area contributed by atoms with Crippen LogP contribution >= 0.6 is 0 Å². The number of fused-ring (bicyclic) bond motifs is 1. The second kappa shape index (κ2) is 5.10. The number of nitrogens with two attached hydrogens (primary N) is 1. The van der Waals surface area contributed by atoms with Crippen LogP contribution in [-0.2, 0) is 13.1 Å². The van der Waals surface area contributed by atoms with Crippen LogP contribution in [-0.4, -0.2) is 4.57 Å². The molecule has 1 heterocycles. The molecule has 20 heavy (non-hydrogen) atoms. The molecule has 3 rings (SSSR count). The number of hydrogen-bond donors (Lipinski definition) is 1. The minimum absolute atomic E-state index is 0.193. The van der Waals surface area contributed by atoms with E-state index in [0.717, 1.165) is 11.1 Å². The van der Waals surface area contributed by atoms with Gasteiger partial charge in [0, 0.05) is 23.8 Å². The maximum Gasteiger partial charge on any atom is 0.128 e. The summed E-state index contributed by atoms with van der Waals surface area (Å²) in [5.74, 6) is -0.193. The Kier molecular flexibility index (Phi) is 3.28. The second-order valence-corrected chi connectivity index (χ2v) is 5.14. The van der Waals surface area contributed by atoms with Crippen molar-refractivity contribution >= 4 is 10.9 Å². The molecule has 0 aliphatic carbocycles. The Labute approximate surface area is 117 Å². The van der Waals surface area contributed by atoms with Gasteiger partial charge in [-0.25, -0.2) is 4.39 Å². The molecule has 1 aromatic heterocycles. The molecule has 2 aromatic carbocycles. The lowest BCUT2D eigenvalue weighted by atomic mass is 10.1. The van der Waals surface area contributed by atoms with Gasteiger partial charge in [-0.2, -0.15) is 0 Å². The molecule has 0 amide bonds. The molecule has 0 saturated heterocycles. The summed E-state index contributed by atoms with van der Waals surface area (Å²) in [5.41, 5.74) is 9.37. The molecule has 0 fully saturated rings. The number of halogens is 1. The number of rotatable bonds is 3. The lowest BCUT2D eigenvalue weighted by Gasteiger charge is -2.08. The highest BCUT2D eigenvalue weighted by molar-refractivity contribution is 5.80. The van der Waals surface area contributed by atoms with Gasteiger partial charge in [-0.3, -0.25) is 0 Å². The van der Waals surface area contributed by atoms with Crippen molar-refractivity contribution in [3.05, 3.63) is 71.2 Å². The number of aryl methyl sites for hydroxylation is 1. The van der Waals surface area contributed by atoms with Crippen LogP contribution in [0, 0.1) is 12.7 Å². The van der Waals surface area contributed by atoms with Gasteiger partial charge in [0.25, 0.3) is 0 Å². The fraction of sp³-hybridized carbons (Fsp3) is 0.176. The lowest BCUT2D eigenvalue weighted by molar-refractivity contribution is 0.600. The van der Waals surface area contributed by atoms with E-state index in [1.165, 1.54) is 17.0 Å². The minimum Gasteiger partial charge on any atom is -0.343 e. The predicted octanol–water partition coefficient (Wildman–Crippen LogP) is 3.60. The first-order valence-corrected chi connectivity index (χ1v) is 6.70. The highest BCUT2D eigenvalue weighted by atomic mass is 19.1. The SMILES string of the molecule is Cc1ccc2c(ccn2Cc2ccc(CN)cc2F)c1. The van der Waals surface area contributed by atoms with Gasteiger partial charge >= 0.3 is 0 Å². The van der Waals surface area contributed by atoms with Crippen molar-refractivity contribution in [2.24, 2.45) is 5.73 Å². The topological polar surface area (TPSA) is 30.9 Å². The van der Waals surface area contributed by atoms with Gasteiger partial charge in [0.1, 0.15) is 5.82 Å². The van der Waals surface area contributed by atoms with Crippen LogP contribution in [0.3, 0.4) is 0 Å². The molecule has 0 radical (unpaired) electrons. The monoisotopic (exact) mass is 268 g/mol. The van der Waals surface area contributed by atoms with E-state index in [1.807, 2.05) is 18.3 Å². The lowest BCUT2D eigenvalue weighted by Crippen LogP contribution is -2.03. The zero-order valence-electron chi connectivity index (χ0n) is 11.4. The fourth-order valence-corrected chi connectivity index (χ4v) is 2.49. The molecule has 0 aliphatic rings. The van der Waals surface area contributed by atoms with Crippen molar-refractivity contribution in [2.75, 3.05) is 0 Å². The summed E-state index contributed by atoms with van der Waals surface area (Å²) in [6.07, 6.45) is 2.00. The zero-order chi connectivity index (χ0) is 14.1. The number of aromatic nitrogens is 1. The first-order valence-electron chi connectivity index (χ1n) is 6.70. The van der Waals surface area contributed by atoms with Crippen LogP contribution in [0.1, 0.15) is 16.7 Å². The number of benzene rings is 2. The molecule has 0 bridgehead atoms. The average Bonchev–Trinajstić information content (AvgIpc) is 2.83. The zero-order valence-corrected chi connectivity index (χ0v) is 11.4. The van der Waals surface area contributed by atoms with Gasteiger partial charge in [0.15, 0.2) is 0 Å². The van der Waals surface area contributed by atoms with Gasteiger partial charge in [0.2, 0.25) is 0 Å². The van der Waals surface area contributed by atoms with E-state index in [4.69, 9.17) is 5.73 Å². The van der Waals surface area contributed by atoms with Crippen LogP contribution in [0.2, 0.25) is 0 Å². The summed E-state index contributed by atoms with van der Waals surface area (Å²) in [4.78, 5) is 0. The summed E-state index contributed by atoms with van der Waals surface area (Å²) in [5, 5.41) is 1.18. The Hall–Kier alpha value is -2.13. The third-order valence-electron chi connectivity index (χ3n) is 3.62. The summed E-state index contributed by atoms with van der Waals surface area (Å²) in [6.45, 7) is 2.97. The molecule has 0 aliphatic heterocycles. The van der Waals surface area contributed by atoms with Crippen molar-refractivity contribution in [3.63, 3.8) is 0 Å². The number of hydrogen-bond acceptors (Lipinski definition) is 1. The van der Waals surface area contributed by atoms with Gasteiger partial charge in [-0.05, 0) is 42.1 Å². The minimum atomic E-state index is -0.193. The van der Waals surface area contributed by atoms with E-state index in [-0.39, 0.29) is 5.82 Å². The number of nitrogens with zero attached hydrogens (tertiary/aromatic N) is 1. The normalized spacial score (nSPS) is 11.2. The molecule has 3 aromatic rings.